The number of rotatable bonds is 0. The fraction of sp³-hybridized carbons (Fsp3) is 1.00. The molecule has 0 bridgehead atoms. The van der Waals surface area contributed by atoms with Crippen molar-refractivity contribution in [1.82, 2.24) is 0 Å². The zero-order valence-electron chi connectivity index (χ0n) is 6.09. The van der Waals surface area contributed by atoms with E-state index in [0.717, 1.165) is 0 Å². The second kappa shape index (κ2) is 6.19. The average molecular weight is 392 g/mol. The van der Waals surface area contributed by atoms with Gasteiger partial charge in [-0.15, -0.1) is 69.6 Å². The Balaban J connectivity index is 0.00000144. The van der Waals surface area contributed by atoms with Gasteiger partial charge in [0.15, 0.2) is 0 Å². The van der Waals surface area contributed by atoms with Crippen molar-refractivity contribution in [1.29, 1.82) is 0 Å². The van der Waals surface area contributed by atoms with Crippen LogP contribution >= 0.6 is 69.6 Å². The van der Waals surface area contributed by atoms with Crippen molar-refractivity contribution in [3.63, 3.8) is 0 Å². The molecule has 0 aromatic heterocycles. The van der Waals surface area contributed by atoms with Crippen LogP contribution in [-0.2, 0) is 19.5 Å². The van der Waals surface area contributed by atoms with Crippen molar-refractivity contribution in [2.24, 2.45) is 0 Å². The molecule has 0 aliphatic heterocycles. The summed E-state index contributed by atoms with van der Waals surface area (Å²) in [5.74, 6) is 0. The molecule has 0 unspecified atom stereocenters. The Morgan fingerprint density at radius 3 is 0.538 bits per heavy atom. The van der Waals surface area contributed by atoms with Crippen molar-refractivity contribution in [2.75, 3.05) is 0 Å². The van der Waals surface area contributed by atoms with Crippen molar-refractivity contribution in [3.05, 3.63) is 0 Å². The van der Waals surface area contributed by atoms with Crippen LogP contribution in [0, 0.1) is 0 Å². The van der Waals surface area contributed by atoms with Crippen LogP contribution in [0.3, 0.4) is 0 Å². The molecule has 1 fully saturated rings. The molecule has 0 spiro atoms. The third kappa shape index (κ3) is 3.16. The third-order valence-corrected chi connectivity index (χ3v) is 5.86. The second-order valence-electron chi connectivity index (χ2n) is 2.67. The van der Waals surface area contributed by atoms with Gasteiger partial charge in [0, 0.05) is 19.5 Å². The van der Waals surface area contributed by atoms with Crippen LogP contribution in [0.5, 0.6) is 0 Å². The summed E-state index contributed by atoms with van der Waals surface area (Å²) in [6.45, 7) is 0. The fourth-order valence-corrected chi connectivity index (χ4v) is 3.38. The maximum absolute atomic E-state index is 5.88. The molecular formula is C6H6Cl6Ru. The number of halogens is 6. The molecular weight excluding hydrogens is 386 g/mol. The van der Waals surface area contributed by atoms with Gasteiger partial charge in [-0.05, 0) is 0 Å². The zero-order chi connectivity index (χ0) is 9.46. The van der Waals surface area contributed by atoms with Crippen LogP contribution in [0.1, 0.15) is 0 Å². The Kier molecular flexibility index (Phi) is 7.31. The molecule has 0 atom stereocenters. The minimum absolute atomic E-state index is 0. The summed E-state index contributed by atoms with van der Waals surface area (Å²) in [6, 6.07) is 0. The van der Waals surface area contributed by atoms with Gasteiger partial charge < -0.3 is 0 Å². The van der Waals surface area contributed by atoms with Gasteiger partial charge in [-0.25, -0.2) is 0 Å². The summed E-state index contributed by atoms with van der Waals surface area (Å²) in [5, 5.41) is -2.62. The summed E-state index contributed by atoms with van der Waals surface area (Å²) < 4.78 is 0. The van der Waals surface area contributed by atoms with Crippen molar-refractivity contribution < 1.29 is 19.5 Å². The maximum atomic E-state index is 5.88. The molecule has 0 N–H and O–H groups in total. The molecule has 0 amide bonds. The van der Waals surface area contributed by atoms with Crippen molar-refractivity contribution in [3.8, 4) is 0 Å². The minimum Gasteiger partial charge on any atom is -0.120 e. The molecule has 1 aliphatic carbocycles. The van der Waals surface area contributed by atoms with E-state index in [2.05, 4.69) is 0 Å². The summed E-state index contributed by atoms with van der Waals surface area (Å²) in [5.41, 5.74) is 0. The van der Waals surface area contributed by atoms with Crippen molar-refractivity contribution >= 4 is 69.6 Å². The fourth-order valence-electron chi connectivity index (χ4n) is 1.05. The SMILES string of the molecule is ClC1C(Cl)C(Cl)C(Cl)C(Cl)C1Cl.[Ru]. The first kappa shape index (κ1) is 15.4. The van der Waals surface area contributed by atoms with Crippen LogP contribution in [-0.4, -0.2) is 32.3 Å². The summed E-state index contributed by atoms with van der Waals surface area (Å²) in [4.78, 5) is 0. The van der Waals surface area contributed by atoms with Crippen LogP contribution in [0.25, 0.3) is 0 Å². The Bertz CT molecular complexity index is 109. The monoisotopic (exact) mass is 390 g/mol. The Labute approximate surface area is 120 Å². The quantitative estimate of drug-likeness (QED) is 0.437. The third-order valence-electron chi connectivity index (χ3n) is 1.83. The predicted molar refractivity (Wildman–Crippen MR) is 57.8 cm³/mol. The molecule has 0 aromatic carbocycles. The van der Waals surface area contributed by atoms with E-state index in [-0.39, 0.29) is 19.5 Å². The van der Waals surface area contributed by atoms with E-state index in [0.29, 0.717) is 0 Å². The van der Waals surface area contributed by atoms with Crippen LogP contribution in [0.2, 0.25) is 0 Å². The molecule has 7 heteroatoms. The molecule has 80 valence electrons. The smallest absolute Gasteiger partial charge is 0.0693 e. The molecule has 13 heavy (non-hydrogen) atoms. The van der Waals surface area contributed by atoms with Crippen LogP contribution < -0.4 is 0 Å². The second-order valence-corrected chi connectivity index (χ2v) is 5.69. The first-order chi connectivity index (χ1) is 5.46. The number of hydrogen-bond acceptors (Lipinski definition) is 0. The summed E-state index contributed by atoms with van der Waals surface area (Å²) in [7, 11) is 0. The molecule has 0 nitrogen and oxygen atoms in total. The Hall–Kier alpha value is 2.36. The van der Waals surface area contributed by atoms with Gasteiger partial charge in [-0.1, -0.05) is 0 Å². The van der Waals surface area contributed by atoms with Gasteiger partial charge in [0.25, 0.3) is 0 Å². The van der Waals surface area contributed by atoms with Gasteiger partial charge in [0.2, 0.25) is 0 Å². The maximum Gasteiger partial charge on any atom is 0.0693 e. The Morgan fingerprint density at radius 2 is 0.462 bits per heavy atom. The molecule has 1 saturated carbocycles. The molecule has 0 heterocycles. The minimum atomic E-state index is -0.437. The van der Waals surface area contributed by atoms with E-state index in [1.165, 1.54) is 0 Å². The standard InChI is InChI=1S/C6H6Cl6.Ru/c7-1-2(8)4(10)6(12)5(11)3(1)9;/h1-6H;. The Morgan fingerprint density at radius 1 is 0.385 bits per heavy atom. The first-order valence-electron chi connectivity index (χ1n) is 3.31. The van der Waals surface area contributed by atoms with E-state index in [4.69, 9.17) is 69.6 Å². The normalized spacial score (nSPS) is 51.2. The molecule has 1 rings (SSSR count). The van der Waals surface area contributed by atoms with Crippen LogP contribution in [0.15, 0.2) is 0 Å². The summed E-state index contributed by atoms with van der Waals surface area (Å²) in [6.07, 6.45) is 0. The molecule has 0 radical (unpaired) electrons. The largest absolute Gasteiger partial charge is 0.120 e. The zero-order valence-corrected chi connectivity index (χ0v) is 12.4. The van der Waals surface area contributed by atoms with E-state index in [1.807, 2.05) is 0 Å². The van der Waals surface area contributed by atoms with Gasteiger partial charge in [0.05, 0.1) is 32.3 Å². The van der Waals surface area contributed by atoms with Gasteiger partial charge in [0.1, 0.15) is 0 Å². The van der Waals surface area contributed by atoms with E-state index >= 15 is 0 Å². The van der Waals surface area contributed by atoms with E-state index in [9.17, 15) is 0 Å². The average Bonchev–Trinajstić information content (AvgIpc) is 2.08. The van der Waals surface area contributed by atoms with Gasteiger partial charge >= 0.3 is 0 Å². The predicted octanol–water partition coefficient (Wildman–Crippen LogP) is 3.64. The molecule has 0 saturated heterocycles. The number of hydrogen-bond donors (Lipinski definition) is 0. The van der Waals surface area contributed by atoms with E-state index in [1.54, 1.807) is 0 Å². The van der Waals surface area contributed by atoms with Gasteiger partial charge in [-0.3, -0.25) is 0 Å². The van der Waals surface area contributed by atoms with E-state index < -0.39 is 32.3 Å². The van der Waals surface area contributed by atoms with Crippen LogP contribution in [0.4, 0.5) is 0 Å². The van der Waals surface area contributed by atoms with Gasteiger partial charge in [-0.2, -0.15) is 0 Å². The molecule has 0 aromatic rings. The van der Waals surface area contributed by atoms with Crippen molar-refractivity contribution in [2.45, 2.75) is 32.3 Å². The first-order valence-corrected chi connectivity index (χ1v) is 5.93. The molecule has 1 aliphatic rings. The summed E-state index contributed by atoms with van der Waals surface area (Å²) >= 11 is 35.3. The number of alkyl halides is 6. The topological polar surface area (TPSA) is 0 Å².